The number of aliphatic hydroxyl groups is 2. The van der Waals surface area contributed by atoms with Gasteiger partial charge < -0.3 is 10.2 Å². The van der Waals surface area contributed by atoms with Crippen LogP contribution in [0.1, 0.15) is 177 Å². The van der Waals surface area contributed by atoms with Gasteiger partial charge in [-0.3, -0.25) is 0 Å². The summed E-state index contributed by atoms with van der Waals surface area (Å²) in [5.41, 5.74) is 0.272. The van der Waals surface area contributed by atoms with Crippen molar-refractivity contribution in [1.82, 2.24) is 0 Å². The minimum atomic E-state index is -0.218. The molecule has 2 rings (SSSR count). The van der Waals surface area contributed by atoms with Crippen LogP contribution in [0.5, 0.6) is 0 Å². The molecule has 0 aromatic heterocycles. The molecular formula is C37H72O2. The van der Waals surface area contributed by atoms with Gasteiger partial charge in [0.15, 0.2) is 0 Å². The highest BCUT2D eigenvalue weighted by Crippen LogP contribution is 2.50. The first kappa shape index (κ1) is 35.1. The van der Waals surface area contributed by atoms with Crippen molar-refractivity contribution >= 4 is 0 Å². The van der Waals surface area contributed by atoms with Crippen LogP contribution in [0.2, 0.25) is 0 Å². The van der Waals surface area contributed by atoms with E-state index in [9.17, 15) is 10.2 Å². The van der Waals surface area contributed by atoms with Crippen LogP contribution in [0.15, 0.2) is 0 Å². The number of aliphatic hydroxyl groups excluding tert-OH is 2. The Morgan fingerprint density at radius 3 is 1.15 bits per heavy atom. The summed E-state index contributed by atoms with van der Waals surface area (Å²) in [4.78, 5) is 0. The summed E-state index contributed by atoms with van der Waals surface area (Å²) in [6.45, 7) is 18.6. The quantitative estimate of drug-likeness (QED) is 0.188. The molecule has 2 N–H and O–H groups in total. The Morgan fingerprint density at radius 1 is 0.487 bits per heavy atom. The van der Waals surface area contributed by atoms with Crippen molar-refractivity contribution in [2.24, 2.45) is 46.3 Å². The maximum Gasteiger partial charge on any atom is 0.0601 e. The van der Waals surface area contributed by atoms with Crippen molar-refractivity contribution in [2.45, 2.75) is 190 Å². The molecule has 0 bridgehead atoms. The normalized spacial score (nSPS) is 32.5. The summed E-state index contributed by atoms with van der Waals surface area (Å²) in [7, 11) is 0. The Morgan fingerprint density at radius 2 is 0.821 bits per heavy atom. The second-order valence-electron chi connectivity index (χ2n) is 16.5. The van der Waals surface area contributed by atoms with E-state index in [0.29, 0.717) is 23.7 Å². The summed E-state index contributed by atoms with van der Waals surface area (Å²) >= 11 is 0. The van der Waals surface area contributed by atoms with Gasteiger partial charge in [0.1, 0.15) is 0 Å². The van der Waals surface area contributed by atoms with Crippen LogP contribution >= 0.6 is 0 Å². The third-order valence-electron chi connectivity index (χ3n) is 11.0. The van der Waals surface area contributed by atoms with Crippen LogP contribution in [0.4, 0.5) is 0 Å². The summed E-state index contributed by atoms with van der Waals surface area (Å²) in [5.74, 6) is 2.93. The minimum Gasteiger partial charge on any atom is -0.393 e. The maximum atomic E-state index is 11.7. The zero-order chi connectivity index (χ0) is 29.1. The van der Waals surface area contributed by atoms with Crippen molar-refractivity contribution in [3.05, 3.63) is 0 Å². The van der Waals surface area contributed by atoms with E-state index >= 15 is 0 Å². The van der Waals surface area contributed by atoms with Crippen LogP contribution in [0.3, 0.4) is 0 Å². The monoisotopic (exact) mass is 549 g/mol. The molecule has 8 atom stereocenters. The molecule has 0 aromatic rings. The molecule has 0 aliphatic heterocycles. The topological polar surface area (TPSA) is 40.5 Å². The molecule has 39 heavy (non-hydrogen) atoms. The standard InChI is InChI=1S/C37H72O2/c1-9-11-13-15-17-19-21-28-23-30(34(38)32(25-28)36(3,4)5)27-31-24-29(22-20-18-16-14-12-10-2)26-33(35(31)39)37(6,7)8/h28-35,38-39H,9-27H2,1-8H3. The summed E-state index contributed by atoms with van der Waals surface area (Å²) < 4.78 is 0. The van der Waals surface area contributed by atoms with Gasteiger partial charge in [-0.25, -0.2) is 0 Å². The van der Waals surface area contributed by atoms with Gasteiger partial charge in [-0.15, -0.1) is 0 Å². The van der Waals surface area contributed by atoms with Gasteiger partial charge in [0, 0.05) is 0 Å². The first-order valence-corrected chi connectivity index (χ1v) is 17.7. The second-order valence-corrected chi connectivity index (χ2v) is 16.5. The summed E-state index contributed by atoms with van der Waals surface area (Å²) in [6.07, 6.45) is 24.4. The Bertz CT molecular complexity index is 574. The molecule has 0 spiro atoms. The third kappa shape index (κ3) is 12.0. The lowest BCUT2D eigenvalue weighted by Crippen LogP contribution is -2.47. The zero-order valence-corrected chi connectivity index (χ0v) is 27.9. The molecule has 0 amide bonds. The predicted octanol–water partition coefficient (Wildman–Crippen LogP) is 11.0. The molecule has 232 valence electrons. The van der Waals surface area contributed by atoms with Gasteiger partial charge in [0.25, 0.3) is 0 Å². The average molecular weight is 549 g/mol. The minimum absolute atomic E-state index is 0.136. The molecule has 0 saturated heterocycles. The SMILES string of the molecule is CCCCCCCCC1CC(CC2CC(CCCCCCCC)CC(C(C)(C)C)C2O)C(O)C(C(C)(C)C)C1. The predicted molar refractivity (Wildman–Crippen MR) is 171 cm³/mol. The molecule has 0 radical (unpaired) electrons. The van der Waals surface area contributed by atoms with Gasteiger partial charge in [-0.05, 0) is 78.4 Å². The van der Waals surface area contributed by atoms with Crippen molar-refractivity contribution < 1.29 is 10.2 Å². The lowest BCUT2D eigenvalue weighted by Gasteiger charge is -2.49. The van der Waals surface area contributed by atoms with E-state index in [4.69, 9.17) is 0 Å². The molecule has 0 heterocycles. The number of unbranched alkanes of at least 4 members (excludes halogenated alkanes) is 10. The van der Waals surface area contributed by atoms with Crippen molar-refractivity contribution in [3.8, 4) is 0 Å². The average Bonchev–Trinajstić information content (AvgIpc) is 2.85. The van der Waals surface area contributed by atoms with Gasteiger partial charge in [-0.2, -0.15) is 0 Å². The van der Waals surface area contributed by atoms with Crippen molar-refractivity contribution in [1.29, 1.82) is 0 Å². The fourth-order valence-corrected chi connectivity index (χ4v) is 8.47. The fourth-order valence-electron chi connectivity index (χ4n) is 8.47. The van der Waals surface area contributed by atoms with E-state index in [0.717, 1.165) is 18.3 Å². The fraction of sp³-hybridized carbons (Fsp3) is 1.00. The lowest BCUT2D eigenvalue weighted by molar-refractivity contribution is -0.0899. The maximum absolute atomic E-state index is 11.7. The van der Waals surface area contributed by atoms with Gasteiger partial charge >= 0.3 is 0 Å². The van der Waals surface area contributed by atoms with Gasteiger partial charge in [-0.1, -0.05) is 145 Å². The first-order chi connectivity index (χ1) is 18.4. The highest BCUT2D eigenvalue weighted by Gasteiger charge is 2.46. The molecule has 2 saturated carbocycles. The van der Waals surface area contributed by atoms with Crippen LogP contribution in [-0.2, 0) is 0 Å². The Kier molecular flexibility index (Phi) is 15.4. The second kappa shape index (κ2) is 17.1. The van der Waals surface area contributed by atoms with E-state index in [-0.39, 0.29) is 23.0 Å². The molecule has 2 aliphatic rings. The van der Waals surface area contributed by atoms with Crippen LogP contribution < -0.4 is 0 Å². The highest BCUT2D eigenvalue weighted by atomic mass is 16.3. The summed E-state index contributed by atoms with van der Waals surface area (Å²) in [5, 5.41) is 23.4. The molecule has 2 heteroatoms. The zero-order valence-electron chi connectivity index (χ0n) is 27.9. The van der Waals surface area contributed by atoms with E-state index in [1.54, 1.807) is 0 Å². The van der Waals surface area contributed by atoms with Crippen LogP contribution in [-0.4, -0.2) is 22.4 Å². The van der Waals surface area contributed by atoms with E-state index < -0.39 is 0 Å². The molecule has 8 unspecified atom stereocenters. The number of rotatable bonds is 16. The Labute approximate surface area is 245 Å². The molecule has 2 nitrogen and oxygen atoms in total. The Balaban J connectivity index is 2.06. The molecular weight excluding hydrogens is 476 g/mol. The summed E-state index contributed by atoms with van der Waals surface area (Å²) in [6, 6.07) is 0. The van der Waals surface area contributed by atoms with Crippen molar-refractivity contribution in [3.63, 3.8) is 0 Å². The van der Waals surface area contributed by atoms with Gasteiger partial charge in [0.2, 0.25) is 0 Å². The van der Waals surface area contributed by atoms with E-state index in [2.05, 4.69) is 55.4 Å². The number of hydrogen-bond donors (Lipinski definition) is 2. The Hall–Kier alpha value is -0.0800. The highest BCUT2D eigenvalue weighted by molar-refractivity contribution is 4.96. The van der Waals surface area contributed by atoms with Crippen LogP contribution in [0.25, 0.3) is 0 Å². The smallest absolute Gasteiger partial charge is 0.0601 e. The van der Waals surface area contributed by atoms with Gasteiger partial charge in [0.05, 0.1) is 12.2 Å². The van der Waals surface area contributed by atoms with Crippen LogP contribution in [0, 0.1) is 46.3 Å². The molecule has 2 fully saturated rings. The van der Waals surface area contributed by atoms with E-state index in [1.165, 1.54) is 116 Å². The molecule has 2 aliphatic carbocycles. The number of hydrogen-bond acceptors (Lipinski definition) is 2. The molecule has 0 aromatic carbocycles. The third-order valence-corrected chi connectivity index (χ3v) is 11.0. The largest absolute Gasteiger partial charge is 0.393 e. The van der Waals surface area contributed by atoms with Crippen molar-refractivity contribution in [2.75, 3.05) is 0 Å². The lowest BCUT2D eigenvalue weighted by atomic mass is 9.58. The first-order valence-electron chi connectivity index (χ1n) is 17.7. The van der Waals surface area contributed by atoms with E-state index in [1.807, 2.05) is 0 Å².